The highest BCUT2D eigenvalue weighted by atomic mass is 35.5. The van der Waals surface area contributed by atoms with Gasteiger partial charge in [-0.05, 0) is 31.0 Å². The fourth-order valence-electron chi connectivity index (χ4n) is 2.04. The summed E-state index contributed by atoms with van der Waals surface area (Å²) >= 11 is 7.30. The molecule has 3 rings (SSSR count). The van der Waals surface area contributed by atoms with Gasteiger partial charge in [-0.1, -0.05) is 11.6 Å². The number of thiazole rings is 1. The minimum atomic E-state index is -0.416. The van der Waals surface area contributed by atoms with Gasteiger partial charge < -0.3 is 5.32 Å². The Morgan fingerprint density at radius 2 is 2.20 bits per heavy atom. The first-order valence-corrected chi connectivity index (χ1v) is 7.69. The normalized spacial score (nSPS) is 15.0. The van der Waals surface area contributed by atoms with Crippen molar-refractivity contribution in [2.45, 2.75) is 19.3 Å². The van der Waals surface area contributed by atoms with E-state index in [4.69, 9.17) is 11.6 Å². The Morgan fingerprint density at radius 3 is 2.95 bits per heavy atom. The van der Waals surface area contributed by atoms with Crippen molar-refractivity contribution < 1.29 is 4.39 Å². The molecular weight excluding hydrogens is 297 g/mol. The number of nitrogens with one attached hydrogen (secondary N) is 1. The van der Waals surface area contributed by atoms with E-state index in [0.29, 0.717) is 0 Å². The van der Waals surface area contributed by atoms with Gasteiger partial charge in [0, 0.05) is 23.9 Å². The fourth-order valence-corrected chi connectivity index (χ4v) is 2.96. The third-order valence-corrected chi connectivity index (χ3v) is 4.14. The van der Waals surface area contributed by atoms with Crippen LogP contribution in [0.2, 0.25) is 5.02 Å². The summed E-state index contributed by atoms with van der Waals surface area (Å²) in [6.07, 6.45) is 3.29. The summed E-state index contributed by atoms with van der Waals surface area (Å²) in [6.45, 7) is 0.883. The molecule has 0 aliphatic carbocycles. The molecule has 0 spiro atoms. The standard InChI is InChI=1S/C14H13ClFN3S/c15-10-7-9(4-5-11(10)16)12-8-20-14(18-12)19-13-3-1-2-6-17-13/h4-5,7-8H,1-3,6H2,(H,17,18,19). The first kappa shape index (κ1) is 13.5. The van der Waals surface area contributed by atoms with E-state index >= 15 is 0 Å². The Balaban J connectivity index is 1.79. The summed E-state index contributed by atoms with van der Waals surface area (Å²) in [5, 5.41) is 6.09. The number of aliphatic imine (C=N–C) groups is 1. The van der Waals surface area contributed by atoms with Crippen molar-refractivity contribution in [3.05, 3.63) is 34.4 Å². The molecule has 1 aromatic heterocycles. The van der Waals surface area contributed by atoms with E-state index in [0.717, 1.165) is 48.0 Å². The van der Waals surface area contributed by atoms with Crippen molar-refractivity contribution in [1.29, 1.82) is 0 Å². The molecule has 0 unspecified atom stereocenters. The van der Waals surface area contributed by atoms with E-state index in [-0.39, 0.29) is 5.02 Å². The number of nitrogens with zero attached hydrogens (tertiary/aromatic N) is 2. The molecule has 0 radical (unpaired) electrons. The molecule has 1 N–H and O–H groups in total. The predicted molar refractivity (Wildman–Crippen MR) is 82.3 cm³/mol. The van der Waals surface area contributed by atoms with Crippen LogP contribution >= 0.6 is 22.9 Å². The van der Waals surface area contributed by atoms with Crippen LogP contribution in [0.5, 0.6) is 0 Å². The second-order valence-electron chi connectivity index (χ2n) is 4.58. The van der Waals surface area contributed by atoms with E-state index < -0.39 is 5.82 Å². The molecule has 0 saturated heterocycles. The molecule has 0 amide bonds. The van der Waals surface area contributed by atoms with Gasteiger partial charge in [0.05, 0.1) is 10.7 Å². The van der Waals surface area contributed by atoms with Crippen LogP contribution in [0.3, 0.4) is 0 Å². The van der Waals surface area contributed by atoms with E-state index in [2.05, 4.69) is 15.3 Å². The van der Waals surface area contributed by atoms with Crippen LogP contribution in [0.25, 0.3) is 11.3 Å². The number of rotatable bonds is 2. The zero-order chi connectivity index (χ0) is 13.9. The second kappa shape index (κ2) is 5.89. The number of aromatic nitrogens is 1. The van der Waals surface area contributed by atoms with Crippen LogP contribution in [-0.4, -0.2) is 17.4 Å². The molecule has 0 fully saturated rings. The molecule has 0 atom stereocenters. The minimum absolute atomic E-state index is 0.113. The molecule has 6 heteroatoms. The third kappa shape index (κ3) is 2.99. The summed E-state index contributed by atoms with van der Waals surface area (Å²) in [5.74, 6) is 0.579. The van der Waals surface area contributed by atoms with Crippen LogP contribution in [0.15, 0.2) is 28.6 Å². The first-order valence-electron chi connectivity index (χ1n) is 6.44. The predicted octanol–water partition coefficient (Wildman–Crippen LogP) is 4.60. The highest BCUT2D eigenvalue weighted by Crippen LogP contribution is 2.28. The van der Waals surface area contributed by atoms with Crippen molar-refractivity contribution >= 4 is 33.9 Å². The molecule has 1 aliphatic heterocycles. The molecule has 3 nitrogen and oxygen atoms in total. The zero-order valence-corrected chi connectivity index (χ0v) is 12.3. The second-order valence-corrected chi connectivity index (χ2v) is 5.84. The van der Waals surface area contributed by atoms with Gasteiger partial charge in [-0.25, -0.2) is 9.37 Å². The average molecular weight is 310 g/mol. The average Bonchev–Trinajstić information content (AvgIpc) is 2.91. The first-order chi connectivity index (χ1) is 9.72. The Hall–Kier alpha value is -1.46. The highest BCUT2D eigenvalue weighted by molar-refractivity contribution is 7.14. The Morgan fingerprint density at radius 1 is 1.30 bits per heavy atom. The van der Waals surface area contributed by atoms with E-state index in [1.54, 1.807) is 12.1 Å². The smallest absolute Gasteiger partial charge is 0.188 e. The van der Waals surface area contributed by atoms with Crippen LogP contribution in [0.4, 0.5) is 9.52 Å². The summed E-state index contributed by atoms with van der Waals surface area (Å²) < 4.78 is 13.2. The van der Waals surface area contributed by atoms with Crippen LogP contribution in [0.1, 0.15) is 19.3 Å². The maximum absolute atomic E-state index is 13.2. The summed E-state index contributed by atoms with van der Waals surface area (Å²) in [6, 6.07) is 4.63. The maximum atomic E-state index is 13.2. The summed E-state index contributed by atoms with van der Waals surface area (Å²) in [4.78, 5) is 8.92. The van der Waals surface area contributed by atoms with Gasteiger partial charge >= 0.3 is 0 Å². The fraction of sp³-hybridized carbons (Fsp3) is 0.286. The Kier molecular flexibility index (Phi) is 3.98. The molecule has 104 valence electrons. The lowest BCUT2D eigenvalue weighted by molar-refractivity contribution is 0.628. The van der Waals surface area contributed by atoms with Crippen molar-refractivity contribution in [2.75, 3.05) is 11.9 Å². The van der Waals surface area contributed by atoms with E-state index in [1.807, 2.05) is 5.38 Å². The molecule has 2 heterocycles. The third-order valence-electron chi connectivity index (χ3n) is 3.10. The molecule has 1 aliphatic rings. The van der Waals surface area contributed by atoms with Crippen molar-refractivity contribution in [1.82, 2.24) is 4.98 Å². The molecule has 2 aromatic rings. The lowest BCUT2D eigenvalue weighted by Crippen LogP contribution is -2.15. The maximum Gasteiger partial charge on any atom is 0.188 e. The molecular formula is C14H13ClFN3S. The number of anilines is 1. The van der Waals surface area contributed by atoms with Gasteiger partial charge in [0.2, 0.25) is 0 Å². The quantitative estimate of drug-likeness (QED) is 0.880. The van der Waals surface area contributed by atoms with E-state index in [1.165, 1.54) is 17.4 Å². The SMILES string of the molecule is Fc1ccc(-c2csc(NC3=NCCCC3)n2)cc1Cl. The topological polar surface area (TPSA) is 37.3 Å². The van der Waals surface area contributed by atoms with Crippen molar-refractivity contribution in [2.24, 2.45) is 4.99 Å². The lowest BCUT2D eigenvalue weighted by atomic mass is 10.2. The molecule has 0 bridgehead atoms. The molecule has 0 saturated carbocycles. The summed E-state index contributed by atoms with van der Waals surface area (Å²) in [7, 11) is 0. The molecule has 1 aromatic carbocycles. The van der Waals surface area contributed by atoms with Gasteiger partial charge in [-0.3, -0.25) is 4.99 Å². The summed E-state index contributed by atoms with van der Waals surface area (Å²) in [5.41, 5.74) is 1.60. The minimum Gasteiger partial charge on any atom is -0.320 e. The van der Waals surface area contributed by atoms with Crippen molar-refractivity contribution in [3.8, 4) is 11.3 Å². The number of halogens is 2. The Labute approximate surface area is 125 Å². The monoisotopic (exact) mass is 309 g/mol. The van der Waals surface area contributed by atoms with Gasteiger partial charge in [-0.15, -0.1) is 11.3 Å². The highest BCUT2D eigenvalue weighted by Gasteiger charge is 2.10. The van der Waals surface area contributed by atoms with Gasteiger partial charge in [0.1, 0.15) is 11.7 Å². The van der Waals surface area contributed by atoms with Crippen LogP contribution in [-0.2, 0) is 0 Å². The van der Waals surface area contributed by atoms with Crippen LogP contribution < -0.4 is 5.32 Å². The number of benzene rings is 1. The number of hydrogen-bond acceptors (Lipinski definition) is 4. The Bertz CT molecular complexity index is 654. The van der Waals surface area contributed by atoms with Crippen molar-refractivity contribution in [3.63, 3.8) is 0 Å². The lowest BCUT2D eigenvalue weighted by Gasteiger charge is -2.11. The zero-order valence-electron chi connectivity index (χ0n) is 10.7. The number of hydrogen-bond donors (Lipinski definition) is 1. The van der Waals surface area contributed by atoms with Gasteiger partial charge in [-0.2, -0.15) is 0 Å². The molecule has 20 heavy (non-hydrogen) atoms. The van der Waals surface area contributed by atoms with Crippen LogP contribution in [0, 0.1) is 5.82 Å². The largest absolute Gasteiger partial charge is 0.320 e. The van der Waals surface area contributed by atoms with E-state index in [9.17, 15) is 4.39 Å². The number of amidine groups is 1. The van der Waals surface area contributed by atoms with Gasteiger partial charge in [0.15, 0.2) is 5.13 Å². The van der Waals surface area contributed by atoms with Gasteiger partial charge in [0.25, 0.3) is 0 Å².